The van der Waals surface area contributed by atoms with Crippen LogP contribution in [0.2, 0.25) is 0 Å². The van der Waals surface area contributed by atoms with E-state index < -0.39 is 0 Å². The first-order chi connectivity index (χ1) is 10.6. The molecule has 1 saturated heterocycles. The second-order valence-electron chi connectivity index (χ2n) is 6.49. The van der Waals surface area contributed by atoms with Crippen LogP contribution in [0.15, 0.2) is 24.3 Å². The lowest BCUT2D eigenvalue weighted by Crippen LogP contribution is -2.45. The molecule has 2 N–H and O–H groups in total. The summed E-state index contributed by atoms with van der Waals surface area (Å²) < 4.78 is 5.76. The Morgan fingerprint density at radius 2 is 1.82 bits per heavy atom. The maximum Gasteiger partial charge on any atom is 0.319 e. The van der Waals surface area contributed by atoms with Crippen LogP contribution in [0.4, 0.5) is 16.2 Å². The van der Waals surface area contributed by atoms with Gasteiger partial charge in [0.1, 0.15) is 0 Å². The molecule has 5 nitrogen and oxygen atoms in total. The average molecular weight is 303 g/mol. The molecule has 0 aromatic heterocycles. The summed E-state index contributed by atoms with van der Waals surface area (Å²) in [5, 5.41) is 5.79. The van der Waals surface area contributed by atoms with Gasteiger partial charge in [0.2, 0.25) is 0 Å². The molecule has 0 spiro atoms. The molecule has 1 aromatic rings. The minimum Gasteiger partial charge on any atom is -0.372 e. The lowest BCUT2D eigenvalue weighted by molar-refractivity contribution is -0.00521. The van der Waals surface area contributed by atoms with E-state index >= 15 is 0 Å². The Labute approximate surface area is 132 Å². The zero-order chi connectivity index (χ0) is 15.5. The van der Waals surface area contributed by atoms with Crippen molar-refractivity contribution in [2.45, 2.75) is 38.9 Å². The molecule has 2 amide bonds. The number of anilines is 2. The summed E-state index contributed by atoms with van der Waals surface area (Å²) in [4.78, 5) is 14.1. The van der Waals surface area contributed by atoms with Crippen LogP contribution in [0.25, 0.3) is 0 Å². The van der Waals surface area contributed by atoms with E-state index in [2.05, 4.69) is 41.5 Å². The number of carbonyl (C=O) groups excluding carboxylic acids is 1. The van der Waals surface area contributed by atoms with Gasteiger partial charge in [0.15, 0.2) is 0 Å². The van der Waals surface area contributed by atoms with E-state index in [1.165, 1.54) is 18.5 Å². The number of nitrogens with one attached hydrogen (secondary N) is 2. The lowest BCUT2D eigenvalue weighted by Gasteiger charge is -2.36. The molecule has 0 radical (unpaired) electrons. The maximum absolute atomic E-state index is 11.8. The summed E-state index contributed by atoms with van der Waals surface area (Å²) in [5.74, 6) is 0.693. The molecule has 120 valence electrons. The first-order valence-corrected chi connectivity index (χ1v) is 8.15. The van der Waals surface area contributed by atoms with Crippen molar-refractivity contribution >= 4 is 17.4 Å². The molecule has 2 atom stereocenters. The van der Waals surface area contributed by atoms with Crippen molar-refractivity contribution in [3.05, 3.63) is 24.3 Å². The quantitative estimate of drug-likeness (QED) is 0.899. The molecule has 3 rings (SSSR count). The smallest absolute Gasteiger partial charge is 0.319 e. The largest absolute Gasteiger partial charge is 0.372 e. The van der Waals surface area contributed by atoms with Crippen LogP contribution in [0.5, 0.6) is 0 Å². The fraction of sp³-hybridized carbons (Fsp3) is 0.588. The topological polar surface area (TPSA) is 53.6 Å². The van der Waals surface area contributed by atoms with Gasteiger partial charge < -0.3 is 20.3 Å². The lowest BCUT2D eigenvalue weighted by atomic mass is 10.2. The summed E-state index contributed by atoms with van der Waals surface area (Å²) >= 11 is 0. The molecule has 1 saturated carbocycles. The predicted octanol–water partition coefficient (Wildman–Crippen LogP) is 2.83. The number of morpholine rings is 1. The molecule has 1 aromatic carbocycles. The number of urea groups is 1. The van der Waals surface area contributed by atoms with Crippen LogP contribution < -0.4 is 15.5 Å². The standard InChI is InChI=1S/C17H25N3O2/c1-12-10-20(11-13(2)22-12)16-7-5-15(6-8-16)19-17(21)18-9-14-3-4-14/h5-8,12-14H,3-4,9-11H2,1-2H3,(H2,18,19,21)/t12-,13-/m0/s1. The van der Waals surface area contributed by atoms with Gasteiger partial charge in [-0.05, 0) is 56.9 Å². The van der Waals surface area contributed by atoms with Crippen molar-refractivity contribution in [1.29, 1.82) is 0 Å². The Morgan fingerprint density at radius 3 is 2.41 bits per heavy atom. The summed E-state index contributed by atoms with van der Waals surface area (Å²) in [5.41, 5.74) is 2.00. The Kier molecular flexibility index (Phi) is 4.52. The minimum atomic E-state index is -0.117. The van der Waals surface area contributed by atoms with Crippen LogP contribution in [0.3, 0.4) is 0 Å². The van der Waals surface area contributed by atoms with Crippen molar-refractivity contribution in [2.24, 2.45) is 5.92 Å². The highest BCUT2D eigenvalue weighted by Crippen LogP contribution is 2.27. The number of hydrogen-bond acceptors (Lipinski definition) is 3. The molecule has 1 aliphatic carbocycles. The zero-order valence-corrected chi connectivity index (χ0v) is 13.3. The summed E-state index contributed by atoms with van der Waals surface area (Å²) in [7, 11) is 0. The van der Waals surface area contributed by atoms with Gasteiger partial charge in [-0.1, -0.05) is 0 Å². The highest BCUT2D eigenvalue weighted by Gasteiger charge is 2.23. The minimum absolute atomic E-state index is 0.117. The van der Waals surface area contributed by atoms with E-state index in [0.29, 0.717) is 5.92 Å². The van der Waals surface area contributed by atoms with Crippen molar-refractivity contribution in [3.8, 4) is 0 Å². The third kappa shape index (κ3) is 4.13. The molecule has 5 heteroatoms. The highest BCUT2D eigenvalue weighted by atomic mass is 16.5. The molecule has 1 aliphatic heterocycles. The number of nitrogens with zero attached hydrogens (tertiary/aromatic N) is 1. The number of hydrogen-bond donors (Lipinski definition) is 2. The Bertz CT molecular complexity index is 503. The highest BCUT2D eigenvalue weighted by molar-refractivity contribution is 5.89. The van der Waals surface area contributed by atoms with Gasteiger partial charge in [-0.3, -0.25) is 0 Å². The average Bonchev–Trinajstić information content (AvgIpc) is 3.29. The molecule has 2 aliphatic rings. The second-order valence-corrected chi connectivity index (χ2v) is 6.49. The van der Waals surface area contributed by atoms with Crippen molar-refractivity contribution in [1.82, 2.24) is 5.32 Å². The van der Waals surface area contributed by atoms with Crippen LogP contribution >= 0.6 is 0 Å². The van der Waals surface area contributed by atoms with E-state index in [9.17, 15) is 4.79 Å². The molecule has 0 unspecified atom stereocenters. The number of rotatable bonds is 4. The molecule has 0 bridgehead atoms. The fourth-order valence-corrected chi connectivity index (χ4v) is 2.88. The monoisotopic (exact) mass is 303 g/mol. The molecule has 22 heavy (non-hydrogen) atoms. The predicted molar refractivity (Wildman–Crippen MR) is 88.4 cm³/mol. The van der Waals surface area contributed by atoms with Crippen molar-refractivity contribution in [3.63, 3.8) is 0 Å². The van der Waals surface area contributed by atoms with Gasteiger partial charge in [-0.15, -0.1) is 0 Å². The molecule has 2 fully saturated rings. The summed E-state index contributed by atoms with van der Waals surface area (Å²) in [6, 6.07) is 7.91. The fourth-order valence-electron chi connectivity index (χ4n) is 2.88. The van der Waals surface area contributed by atoms with Gasteiger partial charge >= 0.3 is 6.03 Å². The molecular formula is C17H25N3O2. The Morgan fingerprint density at radius 1 is 1.18 bits per heavy atom. The summed E-state index contributed by atoms with van der Waals surface area (Å²) in [6.07, 6.45) is 2.97. The van der Waals surface area contributed by atoms with Gasteiger partial charge in [-0.25, -0.2) is 4.79 Å². The number of amides is 2. The normalized spacial score (nSPS) is 24.9. The first-order valence-electron chi connectivity index (χ1n) is 8.15. The van der Waals surface area contributed by atoms with Crippen LogP contribution in [-0.4, -0.2) is 37.9 Å². The first kappa shape index (κ1) is 15.2. The van der Waals surface area contributed by atoms with Crippen LogP contribution in [0.1, 0.15) is 26.7 Å². The van der Waals surface area contributed by atoms with Crippen LogP contribution in [-0.2, 0) is 4.74 Å². The van der Waals surface area contributed by atoms with E-state index in [0.717, 1.165) is 25.3 Å². The Balaban J connectivity index is 1.53. The summed E-state index contributed by atoms with van der Waals surface area (Å²) in [6.45, 7) is 6.79. The number of carbonyl (C=O) groups is 1. The van der Waals surface area contributed by atoms with Crippen molar-refractivity contribution in [2.75, 3.05) is 29.9 Å². The molecule has 1 heterocycles. The maximum atomic E-state index is 11.8. The van der Waals surface area contributed by atoms with Crippen LogP contribution in [0, 0.1) is 5.92 Å². The number of benzene rings is 1. The van der Waals surface area contributed by atoms with E-state index in [1.807, 2.05) is 12.1 Å². The third-order valence-electron chi connectivity index (χ3n) is 4.16. The Hall–Kier alpha value is -1.75. The van der Waals surface area contributed by atoms with Gasteiger partial charge in [0, 0.05) is 31.0 Å². The van der Waals surface area contributed by atoms with E-state index in [-0.39, 0.29) is 18.2 Å². The van der Waals surface area contributed by atoms with Gasteiger partial charge in [0.25, 0.3) is 0 Å². The van der Waals surface area contributed by atoms with Gasteiger partial charge in [0.05, 0.1) is 12.2 Å². The zero-order valence-electron chi connectivity index (χ0n) is 13.3. The third-order valence-corrected chi connectivity index (χ3v) is 4.16. The number of ether oxygens (including phenoxy) is 1. The van der Waals surface area contributed by atoms with Crippen molar-refractivity contribution < 1.29 is 9.53 Å². The van der Waals surface area contributed by atoms with Gasteiger partial charge in [-0.2, -0.15) is 0 Å². The second kappa shape index (κ2) is 6.57. The molecular weight excluding hydrogens is 278 g/mol. The van der Waals surface area contributed by atoms with E-state index in [4.69, 9.17) is 4.74 Å². The SMILES string of the molecule is C[C@H]1CN(c2ccc(NC(=O)NCC3CC3)cc2)C[C@H](C)O1. The van der Waals surface area contributed by atoms with E-state index in [1.54, 1.807) is 0 Å².